The molecule has 0 saturated carbocycles. The van der Waals surface area contributed by atoms with Crippen LogP contribution in [0.1, 0.15) is 29.4 Å². The van der Waals surface area contributed by atoms with Gasteiger partial charge in [0.15, 0.2) is 0 Å². The summed E-state index contributed by atoms with van der Waals surface area (Å²) in [5.41, 5.74) is 0.939. The van der Waals surface area contributed by atoms with Crippen molar-refractivity contribution in [3.8, 4) is 0 Å². The number of amides is 1. The van der Waals surface area contributed by atoms with Crippen LogP contribution in [0.15, 0.2) is 6.20 Å². The van der Waals surface area contributed by atoms with Gasteiger partial charge in [-0.05, 0) is 20.3 Å². The Morgan fingerprint density at radius 1 is 1.56 bits per heavy atom. The number of carbonyl (C=O) groups is 2. The molecule has 1 aliphatic heterocycles. The van der Waals surface area contributed by atoms with Gasteiger partial charge in [-0.25, -0.2) is 4.79 Å². The SMILES string of the molecule is Cc1[nH]cc(NC(=O)C2COC(C)C2)c1C(=O)O. The third-order valence-corrected chi connectivity index (χ3v) is 3.12. The lowest BCUT2D eigenvalue weighted by atomic mass is 10.1. The zero-order valence-corrected chi connectivity index (χ0v) is 10.3. The summed E-state index contributed by atoms with van der Waals surface area (Å²) in [6, 6.07) is 0. The van der Waals surface area contributed by atoms with Crippen molar-refractivity contribution in [1.29, 1.82) is 0 Å². The first kappa shape index (κ1) is 12.6. The predicted molar refractivity (Wildman–Crippen MR) is 64.6 cm³/mol. The summed E-state index contributed by atoms with van der Waals surface area (Å²) in [7, 11) is 0. The molecule has 2 heterocycles. The molecule has 2 rings (SSSR count). The average Bonchev–Trinajstić information content (AvgIpc) is 2.85. The highest BCUT2D eigenvalue weighted by molar-refractivity contribution is 6.02. The van der Waals surface area contributed by atoms with Crippen LogP contribution in [0.3, 0.4) is 0 Å². The summed E-state index contributed by atoms with van der Waals surface area (Å²) in [6.07, 6.45) is 2.24. The van der Waals surface area contributed by atoms with Crippen LogP contribution in [0.5, 0.6) is 0 Å². The molecule has 98 valence electrons. The van der Waals surface area contributed by atoms with Gasteiger partial charge in [-0.15, -0.1) is 0 Å². The summed E-state index contributed by atoms with van der Waals surface area (Å²) in [4.78, 5) is 25.8. The molecule has 0 aromatic carbocycles. The first-order valence-corrected chi connectivity index (χ1v) is 5.82. The van der Waals surface area contributed by atoms with Gasteiger partial charge in [-0.3, -0.25) is 4.79 Å². The fourth-order valence-corrected chi connectivity index (χ4v) is 2.14. The van der Waals surface area contributed by atoms with Gasteiger partial charge < -0.3 is 20.1 Å². The molecule has 1 saturated heterocycles. The van der Waals surface area contributed by atoms with Crippen LogP contribution in [-0.2, 0) is 9.53 Å². The Morgan fingerprint density at radius 2 is 2.28 bits per heavy atom. The fourth-order valence-electron chi connectivity index (χ4n) is 2.14. The number of carboxylic acids is 1. The van der Waals surface area contributed by atoms with E-state index in [1.54, 1.807) is 6.92 Å². The van der Waals surface area contributed by atoms with Crippen molar-refractivity contribution in [1.82, 2.24) is 4.98 Å². The second-order valence-electron chi connectivity index (χ2n) is 4.57. The number of carboxylic acid groups (broad SMARTS) is 1. The number of ether oxygens (including phenoxy) is 1. The van der Waals surface area contributed by atoms with Gasteiger partial charge in [-0.2, -0.15) is 0 Å². The molecule has 0 aliphatic carbocycles. The number of H-pyrrole nitrogens is 1. The van der Waals surface area contributed by atoms with Gasteiger partial charge in [0.2, 0.25) is 5.91 Å². The van der Waals surface area contributed by atoms with Crippen LogP contribution >= 0.6 is 0 Å². The standard InChI is InChI=1S/C12H16N2O4/c1-6-3-8(5-18-6)11(15)14-9-4-13-7(2)10(9)12(16)17/h4,6,8,13H,3,5H2,1-2H3,(H,14,15)(H,16,17). The van der Waals surface area contributed by atoms with E-state index < -0.39 is 5.97 Å². The number of nitrogens with one attached hydrogen (secondary N) is 2. The molecule has 18 heavy (non-hydrogen) atoms. The van der Waals surface area contributed by atoms with Gasteiger partial charge in [0.25, 0.3) is 0 Å². The van der Waals surface area contributed by atoms with Crippen molar-refractivity contribution >= 4 is 17.6 Å². The number of rotatable bonds is 3. The topological polar surface area (TPSA) is 91.4 Å². The Balaban J connectivity index is 2.10. The van der Waals surface area contributed by atoms with E-state index in [0.29, 0.717) is 24.4 Å². The third-order valence-electron chi connectivity index (χ3n) is 3.12. The number of aromatic nitrogens is 1. The Labute approximate surface area is 104 Å². The first-order chi connectivity index (χ1) is 8.49. The Morgan fingerprint density at radius 3 is 2.83 bits per heavy atom. The Kier molecular flexibility index (Phi) is 3.38. The summed E-state index contributed by atoms with van der Waals surface area (Å²) < 4.78 is 5.32. The van der Waals surface area contributed by atoms with Crippen molar-refractivity contribution in [2.24, 2.45) is 5.92 Å². The molecule has 2 unspecified atom stereocenters. The van der Waals surface area contributed by atoms with Gasteiger partial charge in [0.05, 0.1) is 24.3 Å². The first-order valence-electron chi connectivity index (χ1n) is 5.82. The minimum absolute atomic E-state index is 0.0765. The normalized spacial score (nSPS) is 23.0. The minimum Gasteiger partial charge on any atom is -0.478 e. The Bertz CT molecular complexity index is 480. The molecule has 0 bridgehead atoms. The van der Waals surface area contributed by atoms with E-state index in [1.165, 1.54) is 6.20 Å². The lowest BCUT2D eigenvalue weighted by molar-refractivity contribution is -0.119. The second-order valence-corrected chi connectivity index (χ2v) is 4.57. The molecule has 3 N–H and O–H groups in total. The van der Waals surface area contributed by atoms with Gasteiger partial charge in [0, 0.05) is 11.9 Å². The van der Waals surface area contributed by atoms with Crippen LogP contribution < -0.4 is 5.32 Å². The highest BCUT2D eigenvalue weighted by Gasteiger charge is 2.29. The molecule has 1 amide bonds. The summed E-state index contributed by atoms with van der Waals surface area (Å²) in [6.45, 7) is 3.95. The van der Waals surface area contributed by atoms with E-state index in [1.807, 2.05) is 6.92 Å². The van der Waals surface area contributed by atoms with Crippen LogP contribution in [-0.4, -0.2) is 34.7 Å². The molecule has 1 fully saturated rings. The summed E-state index contributed by atoms with van der Waals surface area (Å²) >= 11 is 0. The van der Waals surface area contributed by atoms with Crippen molar-refractivity contribution in [3.05, 3.63) is 17.5 Å². The van der Waals surface area contributed by atoms with E-state index in [-0.39, 0.29) is 23.5 Å². The fraction of sp³-hybridized carbons (Fsp3) is 0.500. The second kappa shape index (κ2) is 4.81. The van der Waals surface area contributed by atoms with E-state index >= 15 is 0 Å². The minimum atomic E-state index is -1.06. The van der Waals surface area contributed by atoms with Crippen LogP contribution in [0, 0.1) is 12.8 Å². The zero-order chi connectivity index (χ0) is 13.3. The van der Waals surface area contributed by atoms with Gasteiger partial charge >= 0.3 is 5.97 Å². The number of hydrogen-bond acceptors (Lipinski definition) is 3. The molecule has 2 atom stereocenters. The van der Waals surface area contributed by atoms with Gasteiger partial charge in [-0.1, -0.05) is 0 Å². The van der Waals surface area contributed by atoms with E-state index in [4.69, 9.17) is 9.84 Å². The average molecular weight is 252 g/mol. The lowest BCUT2D eigenvalue weighted by Crippen LogP contribution is -2.23. The molecule has 0 spiro atoms. The maximum Gasteiger partial charge on any atom is 0.339 e. The highest BCUT2D eigenvalue weighted by Crippen LogP contribution is 2.23. The number of aromatic carboxylic acids is 1. The molecule has 1 aliphatic rings. The molecule has 0 radical (unpaired) electrons. The van der Waals surface area contributed by atoms with Crippen LogP contribution in [0.25, 0.3) is 0 Å². The maximum atomic E-state index is 11.9. The van der Waals surface area contributed by atoms with E-state index in [0.717, 1.165) is 0 Å². The maximum absolute atomic E-state index is 11.9. The number of hydrogen-bond donors (Lipinski definition) is 3. The number of anilines is 1. The Hall–Kier alpha value is -1.82. The molecule has 6 nitrogen and oxygen atoms in total. The zero-order valence-electron chi connectivity index (χ0n) is 10.3. The predicted octanol–water partition coefficient (Wildman–Crippen LogP) is 1.38. The summed E-state index contributed by atoms with van der Waals surface area (Å²) in [5, 5.41) is 11.7. The molecular formula is C12H16N2O4. The van der Waals surface area contributed by atoms with Crippen molar-refractivity contribution in [3.63, 3.8) is 0 Å². The molecule has 6 heteroatoms. The van der Waals surface area contributed by atoms with Crippen LogP contribution in [0.2, 0.25) is 0 Å². The van der Waals surface area contributed by atoms with E-state index in [2.05, 4.69) is 10.3 Å². The monoisotopic (exact) mass is 252 g/mol. The smallest absolute Gasteiger partial charge is 0.339 e. The molecular weight excluding hydrogens is 236 g/mol. The van der Waals surface area contributed by atoms with E-state index in [9.17, 15) is 9.59 Å². The number of aromatic amines is 1. The lowest BCUT2D eigenvalue weighted by Gasteiger charge is -2.09. The van der Waals surface area contributed by atoms with Gasteiger partial charge in [0.1, 0.15) is 5.56 Å². The van der Waals surface area contributed by atoms with Crippen molar-refractivity contribution < 1.29 is 19.4 Å². The number of aryl methyl sites for hydroxylation is 1. The molecule has 1 aromatic heterocycles. The number of carbonyl (C=O) groups excluding carboxylic acids is 1. The van der Waals surface area contributed by atoms with Crippen molar-refractivity contribution in [2.75, 3.05) is 11.9 Å². The largest absolute Gasteiger partial charge is 0.478 e. The summed E-state index contributed by atoms with van der Waals surface area (Å²) in [5.74, 6) is -1.46. The van der Waals surface area contributed by atoms with Crippen LogP contribution in [0.4, 0.5) is 5.69 Å². The third kappa shape index (κ3) is 2.38. The van der Waals surface area contributed by atoms with Crippen molar-refractivity contribution in [2.45, 2.75) is 26.4 Å². The molecule has 1 aromatic rings. The quantitative estimate of drug-likeness (QED) is 0.758. The highest BCUT2D eigenvalue weighted by atomic mass is 16.5.